The van der Waals surface area contributed by atoms with Crippen LogP contribution in [0.4, 0.5) is 5.69 Å². The maximum Gasteiger partial charge on any atom is 0.238 e. The molecule has 1 aromatic carbocycles. The summed E-state index contributed by atoms with van der Waals surface area (Å²) in [6.07, 6.45) is 0. The Balaban J connectivity index is 2.31. The van der Waals surface area contributed by atoms with E-state index in [0.29, 0.717) is 16.8 Å². The Kier molecular flexibility index (Phi) is 4.22. The number of aliphatic imine (C=N–C) groups is 1. The fourth-order valence-corrected chi connectivity index (χ4v) is 1.87. The van der Waals surface area contributed by atoms with Gasteiger partial charge in [-0.25, -0.2) is 0 Å². The molecule has 0 radical (unpaired) electrons. The minimum Gasteiger partial charge on any atom is -0.438 e. The van der Waals surface area contributed by atoms with Crippen LogP contribution in [-0.2, 0) is 0 Å². The average Bonchev–Trinajstić information content (AvgIpc) is 2.37. The van der Waals surface area contributed by atoms with Crippen LogP contribution in [-0.4, -0.2) is 15.4 Å². The molecule has 0 aliphatic rings. The van der Waals surface area contributed by atoms with E-state index in [2.05, 4.69) is 32.6 Å². The van der Waals surface area contributed by atoms with Gasteiger partial charge in [0.1, 0.15) is 5.75 Å². The lowest BCUT2D eigenvalue weighted by Gasteiger charge is -2.08. The minimum atomic E-state index is 0.324. The molecular formula is C13H10ClN3OS. The van der Waals surface area contributed by atoms with Crippen molar-refractivity contribution in [3.05, 3.63) is 40.5 Å². The van der Waals surface area contributed by atoms with Gasteiger partial charge in [-0.05, 0) is 55.4 Å². The van der Waals surface area contributed by atoms with Crippen molar-refractivity contribution in [2.75, 3.05) is 0 Å². The number of isothiocyanates is 1. The molecule has 19 heavy (non-hydrogen) atoms. The SMILES string of the molecule is Cc1cc(Oc2ccc(Cl)nn2)cc(C)c1N=C=S. The number of benzene rings is 1. The van der Waals surface area contributed by atoms with Gasteiger partial charge in [0.2, 0.25) is 5.88 Å². The van der Waals surface area contributed by atoms with Gasteiger partial charge in [-0.1, -0.05) is 11.6 Å². The summed E-state index contributed by atoms with van der Waals surface area (Å²) in [6.45, 7) is 3.86. The molecule has 0 unspecified atom stereocenters. The van der Waals surface area contributed by atoms with Gasteiger partial charge in [0.25, 0.3) is 0 Å². The van der Waals surface area contributed by atoms with Crippen molar-refractivity contribution in [3.8, 4) is 11.6 Å². The topological polar surface area (TPSA) is 47.4 Å². The first-order valence-electron chi connectivity index (χ1n) is 5.46. The first-order valence-corrected chi connectivity index (χ1v) is 6.25. The summed E-state index contributed by atoms with van der Waals surface area (Å²) in [6, 6.07) is 6.99. The van der Waals surface area contributed by atoms with Crippen LogP contribution in [0.3, 0.4) is 0 Å². The van der Waals surface area contributed by atoms with Crippen LogP contribution in [0.1, 0.15) is 11.1 Å². The largest absolute Gasteiger partial charge is 0.438 e. The minimum absolute atomic E-state index is 0.324. The van der Waals surface area contributed by atoms with E-state index >= 15 is 0 Å². The summed E-state index contributed by atoms with van der Waals surface area (Å²) in [5, 5.41) is 10.2. The molecule has 96 valence electrons. The maximum atomic E-state index is 5.66. The van der Waals surface area contributed by atoms with E-state index in [-0.39, 0.29) is 0 Å². The third-order valence-electron chi connectivity index (χ3n) is 2.45. The highest BCUT2D eigenvalue weighted by Gasteiger charge is 2.06. The molecule has 1 aromatic heterocycles. The molecule has 0 saturated heterocycles. The monoisotopic (exact) mass is 291 g/mol. The summed E-state index contributed by atoms with van der Waals surface area (Å²) in [4.78, 5) is 4.03. The summed E-state index contributed by atoms with van der Waals surface area (Å²) < 4.78 is 5.61. The molecule has 0 aliphatic heterocycles. The molecule has 6 heteroatoms. The lowest BCUT2D eigenvalue weighted by atomic mass is 10.1. The highest BCUT2D eigenvalue weighted by atomic mass is 35.5. The maximum absolute atomic E-state index is 5.66. The Morgan fingerprint density at radius 2 is 1.89 bits per heavy atom. The summed E-state index contributed by atoms with van der Waals surface area (Å²) >= 11 is 10.3. The highest BCUT2D eigenvalue weighted by molar-refractivity contribution is 7.78. The van der Waals surface area contributed by atoms with Crippen LogP contribution >= 0.6 is 23.8 Å². The second-order valence-corrected chi connectivity index (χ2v) is 4.47. The Labute approximate surface area is 121 Å². The van der Waals surface area contributed by atoms with E-state index in [9.17, 15) is 0 Å². The van der Waals surface area contributed by atoms with Crippen molar-refractivity contribution in [2.24, 2.45) is 4.99 Å². The Morgan fingerprint density at radius 3 is 2.42 bits per heavy atom. The van der Waals surface area contributed by atoms with Crippen LogP contribution in [0.25, 0.3) is 0 Å². The van der Waals surface area contributed by atoms with Crippen molar-refractivity contribution >= 4 is 34.7 Å². The van der Waals surface area contributed by atoms with Gasteiger partial charge < -0.3 is 4.74 Å². The molecule has 0 amide bonds. The molecule has 2 aromatic rings. The standard InChI is InChI=1S/C13H10ClN3OS/c1-8-5-10(6-9(2)13(8)15-7-19)18-12-4-3-11(14)16-17-12/h3-6H,1-2H3. The molecule has 0 N–H and O–H groups in total. The second kappa shape index (κ2) is 5.89. The Morgan fingerprint density at radius 1 is 1.21 bits per heavy atom. The molecule has 0 bridgehead atoms. The zero-order valence-electron chi connectivity index (χ0n) is 10.3. The second-order valence-electron chi connectivity index (χ2n) is 3.91. The van der Waals surface area contributed by atoms with Gasteiger partial charge in [-0.2, -0.15) is 4.99 Å². The van der Waals surface area contributed by atoms with Crippen LogP contribution in [0.5, 0.6) is 11.6 Å². The molecule has 4 nitrogen and oxygen atoms in total. The summed E-state index contributed by atoms with van der Waals surface area (Å²) in [5.74, 6) is 1.05. The lowest BCUT2D eigenvalue weighted by Crippen LogP contribution is -1.92. The zero-order valence-corrected chi connectivity index (χ0v) is 11.9. The smallest absolute Gasteiger partial charge is 0.238 e. The van der Waals surface area contributed by atoms with Crippen LogP contribution in [0, 0.1) is 13.8 Å². The van der Waals surface area contributed by atoms with Gasteiger partial charge in [0.15, 0.2) is 5.15 Å². The van der Waals surface area contributed by atoms with Gasteiger partial charge in [-0.3, -0.25) is 0 Å². The first kappa shape index (κ1) is 13.6. The fraction of sp³-hybridized carbons (Fsp3) is 0.154. The van der Waals surface area contributed by atoms with E-state index in [1.165, 1.54) is 0 Å². The fourth-order valence-electron chi connectivity index (χ4n) is 1.68. The number of aromatic nitrogens is 2. The lowest BCUT2D eigenvalue weighted by molar-refractivity contribution is 0.454. The molecule has 0 saturated carbocycles. The van der Waals surface area contributed by atoms with E-state index in [0.717, 1.165) is 16.8 Å². The number of thiocarbonyl (C=S) groups is 1. The summed E-state index contributed by atoms with van der Waals surface area (Å²) in [5.41, 5.74) is 2.72. The quantitative estimate of drug-likeness (QED) is 0.626. The van der Waals surface area contributed by atoms with Crippen molar-refractivity contribution in [2.45, 2.75) is 13.8 Å². The number of aryl methyl sites for hydroxylation is 2. The van der Waals surface area contributed by atoms with Gasteiger partial charge >= 0.3 is 0 Å². The third-order valence-corrected chi connectivity index (χ3v) is 2.74. The molecule has 2 rings (SSSR count). The Hall–Kier alpha value is -1.81. The summed E-state index contributed by atoms with van der Waals surface area (Å²) in [7, 11) is 0. The van der Waals surface area contributed by atoms with Gasteiger partial charge in [0.05, 0.1) is 10.8 Å². The first-order chi connectivity index (χ1) is 9.10. The predicted molar refractivity (Wildman–Crippen MR) is 77.7 cm³/mol. The van der Waals surface area contributed by atoms with Crippen LogP contribution in [0.2, 0.25) is 5.15 Å². The predicted octanol–water partition coefficient (Wildman–Crippen LogP) is 4.27. The normalized spacial score (nSPS) is 9.84. The van der Waals surface area contributed by atoms with E-state index in [4.69, 9.17) is 16.3 Å². The molecule has 0 spiro atoms. The van der Waals surface area contributed by atoms with E-state index in [1.54, 1.807) is 12.1 Å². The van der Waals surface area contributed by atoms with Crippen molar-refractivity contribution in [1.82, 2.24) is 10.2 Å². The van der Waals surface area contributed by atoms with Crippen molar-refractivity contribution in [3.63, 3.8) is 0 Å². The number of halogens is 1. The van der Waals surface area contributed by atoms with Crippen LogP contribution in [0.15, 0.2) is 29.3 Å². The number of hydrogen-bond acceptors (Lipinski definition) is 5. The van der Waals surface area contributed by atoms with Crippen LogP contribution < -0.4 is 4.74 Å². The molecular weight excluding hydrogens is 282 g/mol. The van der Waals surface area contributed by atoms with E-state index < -0.39 is 0 Å². The number of rotatable bonds is 3. The number of nitrogens with zero attached hydrogens (tertiary/aromatic N) is 3. The van der Waals surface area contributed by atoms with Gasteiger partial charge in [-0.15, -0.1) is 10.2 Å². The Bertz CT molecular complexity index is 628. The average molecular weight is 292 g/mol. The third kappa shape index (κ3) is 3.35. The molecule has 0 atom stereocenters. The zero-order chi connectivity index (χ0) is 13.8. The van der Waals surface area contributed by atoms with Crippen molar-refractivity contribution < 1.29 is 4.74 Å². The molecule has 1 heterocycles. The van der Waals surface area contributed by atoms with Crippen molar-refractivity contribution in [1.29, 1.82) is 0 Å². The van der Waals surface area contributed by atoms with E-state index in [1.807, 2.05) is 26.0 Å². The number of ether oxygens (including phenoxy) is 1. The molecule has 0 aliphatic carbocycles. The number of hydrogen-bond donors (Lipinski definition) is 0. The van der Waals surface area contributed by atoms with Gasteiger partial charge in [0, 0.05) is 6.07 Å². The molecule has 0 fully saturated rings. The highest BCUT2D eigenvalue weighted by Crippen LogP contribution is 2.30.